The quantitative estimate of drug-likeness (QED) is 0.855. The lowest BCUT2D eigenvalue weighted by molar-refractivity contribution is -0.126. The van der Waals surface area contributed by atoms with Crippen molar-refractivity contribution in [1.82, 2.24) is 0 Å². The smallest absolute Gasteiger partial charge is 0.253 e. The van der Waals surface area contributed by atoms with Crippen LogP contribution in [0.2, 0.25) is 5.02 Å². The van der Waals surface area contributed by atoms with Crippen molar-refractivity contribution >= 4 is 35.0 Å². The van der Waals surface area contributed by atoms with Crippen LogP contribution < -0.4 is 5.32 Å². The van der Waals surface area contributed by atoms with E-state index in [1.807, 2.05) is 18.4 Å². The van der Waals surface area contributed by atoms with Gasteiger partial charge < -0.3 is 10.1 Å². The van der Waals surface area contributed by atoms with E-state index in [1.54, 1.807) is 17.8 Å². The van der Waals surface area contributed by atoms with Gasteiger partial charge in [-0.2, -0.15) is 0 Å². The molecule has 2 rings (SSSR count). The second-order valence-corrected chi connectivity index (χ2v) is 5.83. The van der Waals surface area contributed by atoms with Gasteiger partial charge in [-0.05, 0) is 43.7 Å². The Labute approximate surface area is 123 Å². The van der Waals surface area contributed by atoms with E-state index in [2.05, 4.69) is 12.2 Å². The third-order valence-corrected chi connectivity index (χ3v) is 4.50. The summed E-state index contributed by atoms with van der Waals surface area (Å²) in [6.45, 7) is 2.08. The molecule has 1 fully saturated rings. The maximum absolute atomic E-state index is 12.1. The first-order valence-corrected chi connectivity index (χ1v) is 8.04. The van der Waals surface area contributed by atoms with Crippen LogP contribution in [0.15, 0.2) is 23.1 Å². The molecular weight excluding hydrogens is 282 g/mol. The first kappa shape index (κ1) is 14.7. The highest BCUT2D eigenvalue weighted by molar-refractivity contribution is 7.98. The molecular formula is C14H18ClNO2S. The van der Waals surface area contributed by atoms with Gasteiger partial charge in [0.2, 0.25) is 0 Å². The Morgan fingerprint density at radius 1 is 1.53 bits per heavy atom. The van der Waals surface area contributed by atoms with Crippen LogP contribution in [0.4, 0.5) is 5.69 Å². The molecule has 1 aromatic carbocycles. The third-order valence-electron chi connectivity index (χ3n) is 3.27. The predicted molar refractivity (Wildman–Crippen MR) is 80.0 cm³/mol. The van der Waals surface area contributed by atoms with Crippen LogP contribution in [-0.4, -0.2) is 24.4 Å². The number of halogens is 1. The molecule has 1 heterocycles. The fourth-order valence-electron chi connectivity index (χ4n) is 2.17. The van der Waals surface area contributed by atoms with Gasteiger partial charge in [0.25, 0.3) is 5.91 Å². The Bertz CT molecular complexity index is 467. The highest BCUT2D eigenvalue weighted by Gasteiger charge is 2.29. The molecule has 3 nitrogen and oxygen atoms in total. The first-order chi connectivity index (χ1) is 9.13. The molecule has 19 heavy (non-hydrogen) atoms. The summed E-state index contributed by atoms with van der Waals surface area (Å²) in [6.07, 6.45) is 4.57. The standard InChI is InChI=1S/C14H18ClNO2S/c1-3-10-5-6-12(18-10)14(17)16-9-4-7-13(19-2)11(15)8-9/h4,7-8,10,12H,3,5-6H2,1-2H3,(H,16,17)/t10-,12+/m0/s1. The van der Waals surface area contributed by atoms with Crippen molar-refractivity contribution in [2.45, 2.75) is 43.3 Å². The zero-order valence-corrected chi connectivity index (χ0v) is 12.7. The number of ether oxygens (including phenoxy) is 1. The van der Waals surface area contributed by atoms with Crippen LogP contribution >= 0.6 is 23.4 Å². The number of amides is 1. The number of anilines is 1. The van der Waals surface area contributed by atoms with E-state index in [9.17, 15) is 4.79 Å². The van der Waals surface area contributed by atoms with Crippen LogP contribution in [0.25, 0.3) is 0 Å². The first-order valence-electron chi connectivity index (χ1n) is 6.44. The van der Waals surface area contributed by atoms with Crippen molar-refractivity contribution in [1.29, 1.82) is 0 Å². The highest BCUT2D eigenvalue weighted by Crippen LogP contribution is 2.29. The minimum Gasteiger partial charge on any atom is -0.365 e. The number of carbonyl (C=O) groups excluding carboxylic acids is 1. The molecule has 0 bridgehead atoms. The Morgan fingerprint density at radius 2 is 2.32 bits per heavy atom. The average Bonchev–Trinajstić information content (AvgIpc) is 2.88. The molecule has 1 saturated heterocycles. The number of nitrogens with one attached hydrogen (secondary N) is 1. The van der Waals surface area contributed by atoms with Gasteiger partial charge in [0, 0.05) is 10.6 Å². The lowest BCUT2D eigenvalue weighted by atomic mass is 10.1. The Balaban J connectivity index is 1.97. The maximum Gasteiger partial charge on any atom is 0.253 e. The van der Waals surface area contributed by atoms with Crippen LogP contribution in [0.3, 0.4) is 0 Å². The third kappa shape index (κ3) is 3.65. The fourth-order valence-corrected chi connectivity index (χ4v) is 3.04. The van der Waals surface area contributed by atoms with Crippen molar-refractivity contribution < 1.29 is 9.53 Å². The van der Waals surface area contributed by atoms with Crippen LogP contribution in [0.1, 0.15) is 26.2 Å². The zero-order chi connectivity index (χ0) is 13.8. The minimum atomic E-state index is -0.330. The zero-order valence-electron chi connectivity index (χ0n) is 11.1. The normalized spacial score (nSPS) is 22.5. The van der Waals surface area contributed by atoms with E-state index >= 15 is 0 Å². The molecule has 0 aliphatic carbocycles. The fraction of sp³-hybridized carbons (Fsp3) is 0.500. The summed E-state index contributed by atoms with van der Waals surface area (Å²) in [5, 5.41) is 3.52. The molecule has 0 radical (unpaired) electrons. The maximum atomic E-state index is 12.1. The van der Waals surface area contributed by atoms with E-state index in [1.165, 1.54) is 0 Å². The van der Waals surface area contributed by atoms with Gasteiger partial charge in [-0.25, -0.2) is 0 Å². The summed E-state index contributed by atoms with van der Waals surface area (Å²) in [6, 6.07) is 5.55. The molecule has 1 aromatic rings. The van der Waals surface area contributed by atoms with Crippen molar-refractivity contribution in [2.75, 3.05) is 11.6 Å². The largest absolute Gasteiger partial charge is 0.365 e. The summed E-state index contributed by atoms with van der Waals surface area (Å²) >= 11 is 7.70. The highest BCUT2D eigenvalue weighted by atomic mass is 35.5. The van der Waals surface area contributed by atoms with E-state index in [0.717, 1.165) is 29.8 Å². The number of benzene rings is 1. The SMILES string of the molecule is CC[C@H]1CC[C@H](C(=O)Nc2ccc(SC)c(Cl)c2)O1. The van der Waals surface area contributed by atoms with E-state index in [4.69, 9.17) is 16.3 Å². The van der Waals surface area contributed by atoms with Crippen molar-refractivity contribution in [2.24, 2.45) is 0 Å². The number of hydrogen-bond acceptors (Lipinski definition) is 3. The Morgan fingerprint density at radius 3 is 2.89 bits per heavy atom. The van der Waals surface area contributed by atoms with Crippen molar-refractivity contribution in [3.05, 3.63) is 23.2 Å². The van der Waals surface area contributed by atoms with Crippen molar-refractivity contribution in [3.63, 3.8) is 0 Å². The molecule has 1 aliphatic heterocycles. The molecule has 104 valence electrons. The molecule has 0 saturated carbocycles. The van der Waals surface area contributed by atoms with Crippen LogP contribution in [0.5, 0.6) is 0 Å². The van der Waals surface area contributed by atoms with Gasteiger partial charge in [-0.1, -0.05) is 18.5 Å². The summed E-state index contributed by atoms with van der Waals surface area (Å²) < 4.78 is 5.67. The molecule has 1 N–H and O–H groups in total. The van der Waals surface area contributed by atoms with E-state index in [0.29, 0.717) is 5.02 Å². The molecule has 1 amide bonds. The number of thioether (sulfide) groups is 1. The second-order valence-electron chi connectivity index (χ2n) is 4.57. The molecule has 0 unspecified atom stereocenters. The Hall–Kier alpha value is -0.710. The van der Waals surface area contributed by atoms with Crippen molar-refractivity contribution in [3.8, 4) is 0 Å². The predicted octanol–water partition coefficient (Wildman–Crippen LogP) is 3.96. The summed E-state index contributed by atoms with van der Waals surface area (Å²) in [4.78, 5) is 13.1. The second kappa shape index (κ2) is 6.64. The monoisotopic (exact) mass is 299 g/mol. The number of carbonyl (C=O) groups is 1. The molecule has 0 spiro atoms. The van der Waals surface area contributed by atoms with Gasteiger partial charge in [0.1, 0.15) is 6.10 Å². The Kier molecular flexibility index (Phi) is 5.13. The number of hydrogen-bond donors (Lipinski definition) is 1. The molecule has 2 atom stereocenters. The minimum absolute atomic E-state index is 0.0797. The summed E-state index contributed by atoms with van der Waals surface area (Å²) in [5.41, 5.74) is 0.719. The summed E-state index contributed by atoms with van der Waals surface area (Å²) in [5.74, 6) is -0.0797. The summed E-state index contributed by atoms with van der Waals surface area (Å²) in [7, 11) is 0. The topological polar surface area (TPSA) is 38.3 Å². The van der Waals surface area contributed by atoms with Crippen LogP contribution in [-0.2, 0) is 9.53 Å². The number of rotatable bonds is 4. The molecule has 0 aromatic heterocycles. The van der Waals surface area contributed by atoms with Gasteiger partial charge in [0.15, 0.2) is 0 Å². The van der Waals surface area contributed by atoms with Gasteiger partial charge >= 0.3 is 0 Å². The van der Waals surface area contributed by atoms with E-state index < -0.39 is 0 Å². The average molecular weight is 300 g/mol. The lowest BCUT2D eigenvalue weighted by Gasteiger charge is -2.13. The molecule has 1 aliphatic rings. The molecule has 5 heteroatoms. The van der Waals surface area contributed by atoms with Gasteiger partial charge in [-0.3, -0.25) is 4.79 Å². The van der Waals surface area contributed by atoms with Crippen LogP contribution in [0, 0.1) is 0 Å². The lowest BCUT2D eigenvalue weighted by Crippen LogP contribution is -2.27. The van der Waals surface area contributed by atoms with Gasteiger partial charge in [-0.15, -0.1) is 11.8 Å². The van der Waals surface area contributed by atoms with E-state index in [-0.39, 0.29) is 18.1 Å². The van der Waals surface area contributed by atoms with Gasteiger partial charge in [0.05, 0.1) is 11.1 Å².